The Hall–Kier alpha value is -5.99. The number of para-hydroxylation sites is 1. The van der Waals surface area contributed by atoms with Gasteiger partial charge in [-0.25, -0.2) is 4.79 Å². The molecule has 0 radical (unpaired) electrons. The number of nitrogens with zero attached hydrogens (tertiary/aromatic N) is 5. The van der Waals surface area contributed by atoms with Gasteiger partial charge in [0, 0.05) is 57.0 Å². The Kier molecular flexibility index (Phi) is 21.5. The molecule has 1 aliphatic heterocycles. The second-order valence-electron chi connectivity index (χ2n) is 20.9. The summed E-state index contributed by atoms with van der Waals surface area (Å²) < 4.78 is 13.4. The van der Waals surface area contributed by atoms with E-state index >= 15 is 9.59 Å². The Balaban J connectivity index is 1.92. The van der Waals surface area contributed by atoms with Crippen molar-refractivity contribution in [2.45, 2.75) is 162 Å². The summed E-state index contributed by atoms with van der Waals surface area (Å²) in [5.74, 6) is -3.56. The molecule has 2 unspecified atom stereocenters. The molecule has 4 rings (SSSR count). The number of carbonyl (C=O) groups is 6. The number of ether oxygens (including phenoxy) is 2. The molecule has 1 saturated heterocycles. The molecule has 1 aromatic heterocycles. The highest BCUT2D eigenvalue weighted by atomic mass is 16.5. The first-order chi connectivity index (χ1) is 33.5. The Morgan fingerprint density at radius 3 is 1.89 bits per heavy atom. The molecule has 2 aromatic carbocycles. The molecule has 71 heavy (non-hydrogen) atoms. The third-order valence-electron chi connectivity index (χ3n) is 13.2. The molecule has 17 nitrogen and oxygen atoms in total. The number of aliphatic hydroxyl groups is 1. The molecule has 1 aliphatic rings. The zero-order valence-electron chi connectivity index (χ0n) is 44.2. The number of esters is 1. The van der Waals surface area contributed by atoms with Crippen molar-refractivity contribution in [3.63, 3.8) is 0 Å². The van der Waals surface area contributed by atoms with Crippen molar-refractivity contribution in [1.29, 1.82) is 5.26 Å². The summed E-state index contributed by atoms with van der Waals surface area (Å²) in [4.78, 5) is 91.6. The van der Waals surface area contributed by atoms with Crippen LogP contribution in [-0.4, -0.2) is 137 Å². The second-order valence-corrected chi connectivity index (χ2v) is 20.9. The SMILES string of the molecule is COc1cccc(Cn2cc(C[C@H]3C(=O)N[C@@H](CC(C)C)C(=O)N(C)[C@@H](C)C(=O)O[C@H](CCC#N)C(=O)N[C@@H](CC(C)C)C(O)N(C)[C@@H](CC(C)C)C(=O)NC(CC(C)C)C(=O)N3C)c3ccccc32)c1. The lowest BCUT2D eigenvalue weighted by molar-refractivity contribution is -0.164. The van der Waals surface area contributed by atoms with Crippen LogP contribution in [0.25, 0.3) is 10.9 Å². The number of aliphatic hydroxyl groups excluding tert-OH is 1. The van der Waals surface area contributed by atoms with E-state index in [2.05, 4.69) is 20.5 Å². The number of nitriles is 1. The number of carbonyl (C=O) groups excluding carboxylic acids is 6. The Morgan fingerprint density at radius 1 is 0.732 bits per heavy atom. The van der Waals surface area contributed by atoms with E-state index in [1.165, 1.54) is 30.8 Å². The van der Waals surface area contributed by atoms with Gasteiger partial charge in [-0.05, 0) is 92.7 Å². The smallest absolute Gasteiger partial charge is 0.329 e. The molecule has 17 heteroatoms. The number of hydrogen-bond acceptors (Lipinski definition) is 11. The molecule has 0 bridgehead atoms. The lowest BCUT2D eigenvalue weighted by Gasteiger charge is -2.38. The highest BCUT2D eigenvalue weighted by molar-refractivity contribution is 5.96. The minimum atomic E-state index is -1.46. The molecule has 0 spiro atoms. The van der Waals surface area contributed by atoms with Crippen molar-refractivity contribution < 1.29 is 43.3 Å². The summed E-state index contributed by atoms with van der Waals surface area (Å²) in [6.45, 7) is 17.3. The molecule has 5 amide bonds. The van der Waals surface area contributed by atoms with E-state index in [4.69, 9.17) is 9.47 Å². The third kappa shape index (κ3) is 15.8. The quantitative estimate of drug-likeness (QED) is 0.142. The highest BCUT2D eigenvalue weighted by Crippen LogP contribution is 2.27. The average molecular weight is 985 g/mol. The van der Waals surface area contributed by atoms with Crippen LogP contribution in [0.5, 0.6) is 5.75 Å². The zero-order chi connectivity index (χ0) is 52.9. The summed E-state index contributed by atoms with van der Waals surface area (Å²) in [6, 6.07) is 10.8. The highest BCUT2D eigenvalue weighted by Gasteiger charge is 2.41. The van der Waals surface area contributed by atoms with Gasteiger partial charge in [0.15, 0.2) is 6.10 Å². The Bertz CT molecular complexity index is 2340. The van der Waals surface area contributed by atoms with Crippen molar-refractivity contribution in [3.05, 3.63) is 65.9 Å². The number of fused-ring (bicyclic) bond motifs is 1. The largest absolute Gasteiger partial charge is 0.497 e. The van der Waals surface area contributed by atoms with Gasteiger partial charge in [0.05, 0.1) is 25.3 Å². The van der Waals surface area contributed by atoms with Crippen LogP contribution in [0.1, 0.15) is 112 Å². The van der Waals surface area contributed by atoms with Gasteiger partial charge in [0.2, 0.25) is 23.6 Å². The van der Waals surface area contributed by atoms with Crippen molar-refractivity contribution in [3.8, 4) is 11.8 Å². The maximum Gasteiger partial charge on any atom is 0.329 e. The Morgan fingerprint density at radius 2 is 1.31 bits per heavy atom. The summed E-state index contributed by atoms with van der Waals surface area (Å²) in [5, 5.41) is 31.3. The van der Waals surface area contributed by atoms with Crippen LogP contribution in [0, 0.1) is 35.0 Å². The van der Waals surface area contributed by atoms with Gasteiger partial charge in [-0.3, -0.25) is 28.9 Å². The molecule has 390 valence electrons. The van der Waals surface area contributed by atoms with E-state index in [0.717, 1.165) is 26.9 Å². The third-order valence-corrected chi connectivity index (χ3v) is 13.2. The molecule has 8 atom stereocenters. The molecule has 1 fully saturated rings. The molecule has 4 N–H and O–H groups in total. The van der Waals surface area contributed by atoms with Gasteiger partial charge in [-0.2, -0.15) is 5.26 Å². The van der Waals surface area contributed by atoms with Crippen LogP contribution in [0.3, 0.4) is 0 Å². The van der Waals surface area contributed by atoms with E-state index in [1.807, 2.05) is 116 Å². The average Bonchev–Trinajstić information content (AvgIpc) is 3.66. The number of nitrogens with one attached hydrogen (secondary N) is 3. The predicted molar refractivity (Wildman–Crippen MR) is 272 cm³/mol. The summed E-state index contributed by atoms with van der Waals surface area (Å²) in [6.07, 6.45) is -0.291. The number of likely N-dealkylation sites (N-methyl/N-ethyl adjacent to an activating group) is 3. The van der Waals surface area contributed by atoms with Gasteiger partial charge in [-0.1, -0.05) is 85.7 Å². The first-order valence-corrected chi connectivity index (χ1v) is 25.1. The zero-order valence-corrected chi connectivity index (χ0v) is 44.2. The number of benzene rings is 2. The van der Waals surface area contributed by atoms with E-state index < -0.39 is 84.1 Å². The van der Waals surface area contributed by atoms with Gasteiger partial charge >= 0.3 is 5.97 Å². The standard InChI is InChI=1S/C54H80N8O9/c1-32(2)24-41-51(66)59(10)36(9)54(69)71-47(22-17-23-55)50(65)58-43(26-34(5)6)53(68)60(11)45(27-35(7)8)48(63)57-42(25-33(3)4)52(67)61(12)46(49(64)56-41)29-38-31-62(44-21-15-14-20-40(38)44)30-37-18-16-19-39(28-37)70-13/h14-16,18-21,28,31-36,41-43,45-47,53,68H,17,22,24-27,29-30H2,1-13H3,(H,56,64)(H,57,63)(H,58,65)/t36-,41-,42?,43-,45-,46-,47+,53?/m0/s1. The van der Waals surface area contributed by atoms with Crippen LogP contribution in [0.4, 0.5) is 0 Å². The normalized spacial score (nSPS) is 24.2. The lowest BCUT2D eigenvalue weighted by atomic mass is 9.96. The number of cyclic esters (lactones) is 1. The van der Waals surface area contributed by atoms with E-state index in [9.17, 15) is 29.5 Å². The molecule has 0 saturated carbocycles. The maximum atomic E-state index is 15.2. The number of rotatable bonds is 15. The molecule has 3 aromatic rings. The van der Waals surface area contributed by atoms with E-state index in [0.29, 0.717) is 12.3 Å². The summed E-state index contributed by atoms with van der Waals surface area (Å²) in [7, 11) is 6.14. The second kappa shape index (κ2) is 26.5. The fourth-order valence-corrected chi connectivity index (χ4v) is 9.20. The predicted octanol–water partition coefficient (Wildman–Crippen LogP) is 5.40. The summed E-state index contributed by atoms with van der Waals surface area (Å²) >= 11 is 0. The molecule has 2 heterocycles. The van der Waals surface area contributed by atoms with Crippen molar-refractivity contribution in [2.75, 3.05) is 28.3 Å². The van der Waals surface area contributed by atoms with E-state index in [1.54, 1.807) is 14.2 Å². The van der Waals surface area contributed by atoms with E-state index in [-0.39, 0.29) is 68.6 Å². The Labute approximate surface area is 420 Å². The number of hydrogen-bond donors (Lipinski definition) is 4. The van der Waals surface area contributed by atoms with Gasteiger partial charge < -0.3 is 44.9 Å². The molecule has 0 aliphatic carbocycles. The van der Waals surface area contributed by atoms with Gasteiger partial charge in [0.25, 0.3) is 5.91 Å². The fourth-order valence-electron chi connectivity index (χ4n) is 9.20. The van der Waals surface area contributed by atoms with Crippen LogP contribution in [0.2, 0.25) is 0 Å². The van der Waals surface area contributed by atoms with Crippen molar-refractivity contribution >= 4 is 46.4 Å². The van der Waals surface area contributed by atoms with Crippen LogP contribution in [-0.2, 0) is 46.5 Å². The van der Waals surface area contributed by atoms with Gasteiger partial charge in [0.1, 0.15) is 36.1 Å². The van der Waals surface area contributed by atoms with Gasteiger partial charge in [-0.15, -0.1) is 0 Å². The van der Waals surface area contributed by atoms with Crippen molar-refractivity contribution in [1.82, 2.24) is 35.2 Å². The maximum absolute atomic E-state index is 15.2. The topological polar surface area (TPSA) is 216 Å². The molecular formula is C54H80N8O9. The lowest BCUT2D eigenvalue weighted by Crippen LogP contribution is -2.61. The summed E-state index contributed by atoms with van der Waals surface area (Å²) in [5.41, 5.74) is 2.64. The number of amides is 5. The minimum absolute atomic E-state index is 0.0243. The number of methoxy groups -OCH3 is 1. The fraction of sp³-hybridized carbons (Fsp3) is 0.611. The number of aromatic nitrogens is 1. The first kappa shape index (κ1) is 57.6. The van der Waals surface area contributed by atoms with Crippen LogP contribution < -0.4 is 20.7 Å². The monoisotopic (exact) mass is 985 g/mol. The minimum Gasteiger partial charge on any atom is -0.497 e. The first-order valence-electron chi connectivity index (χ1n) is 25.1. The van der Waals surface area contributed by atoms with Crippen molar-refractivity contribution in [2.24, 2.45) is 23.7 Å². The van der Waals surface area contributed by atoms with Crippen LogP contribution in [0.15, 0.2) is 54.7 Å². The van der Waals surface area contributed by atoms with Crippen LogP contribution >= 0.6 is 0 Å². The molecular weight excluding hydrogens is 905 g/mol.